The Balaban J connectivity index is 1.84. The number of carbonyl (C=O) groups is 3. The van der Waals surface area contributed by atoms with E-state index >= 15 is 0 Å². The molecule has 0 atom stereocenters. The number of benzene rings is 2. The Kier molecular flexibility index (Phi) is 8.78. The molecule has 2 amide bonds. The summed E-state index contributed by atoms with van der Waals surface area (Å²) in [6.07, 6.45) is -0.432. The van der Waals surface area contributed by atoms with E-state index in [1.54, 1.807) is 52.1 Å². The number of methoxy groups -OCH3 is 1. The maximum Gasteiger partial charge on any atom is 0.410 e. The van der Waals surface area contributed by atoms with Gasteiger partial charge in [0.1, 0.15) is 23.8 Å². The Labute approximate surface area is 192 Å². The van der Waals surface area contributed by atoms with Crippen LogP contribution in [0.25, 0.3) is 0 Å². The fourth-order valence-corrected chi connectivity index (χ4v) is 2.67. The molecule has 2 rings (SSSR count). The largest absolute Gasteiger partial charge is 0.492 e. The molecule has 1 N–H and O–H groups in total. The van der Waals surface area contributed by atoms with Crippen LogP contribution in [0.4, 0.5) is 9.18 Å². The number of likely N-dealkylation sites (N-methyl/N-ethyl adjacent to an activating group) is 1. The molecule has 0 aromatic heterocycles. The minimum atomic E-state index is -0.784. The minimum absolute atomic E-state index is 0.109. The van der Waals surface area contributed by atoms with Crippen molar-refractivity contribution >= 4 is 18.0 Å². The van der Waals surface area contributed by atoms with Crippen molar-refractivity contribution in [3.63, 3.8) is 0 Å². The third kappa shape index (κ3) is 8.10. The highest BCUT2D eigenvalue weighted by molar-refractivity contribution is 5.94. The van der Waals surface area contributed by atoms with Gasteiger partial charge in [-0.15, -0.1) is 0 Å². The number of nitrogens with one attached hydrogen (secondary N) is 1. The van der Waals surface area contributed by atoms with Gasteiger partial charge in [-0.05, 0) is 62.7 Å². The number of halogens is 1. The molecule has 0 heterocycles. The summed E-state index contributed by atoms with van der Waals surface area (Å²) in [4.78, 5) is 37.3. The Hall–Kier alpha value is -3.62. The molecule has 0 bridgehead atoms. The Morgan fingerprint density at radius 2 is 1.73 bits per heavy atom. The summed E-state index contributed by atoms with van der Waals surface area (Å²) in [7, 11) is 2.79. The van der Waals surface area contributed by atoms with Gasteiger partial charge in [0.25, 0.3) is 5.91 Å². The molecule has 33 heavy (non-hydrogen) atoms. The van der Waals surface area contributed by atoms with E-state index in [2.05, 4.69) is 10.1 Å². The van der Waals surface area contributed by atoms with Gasteiger partial charge in [-0.2, -0.15) is 0 Å². The monoisotopic (exact) mass is 460 g/mol. The number of rotatable bonds is 8. The molecule has 0 radical (unpaired) electrons. The van der Waals surface area contributed by atoms with Crippen LogP contribution in [0.15, 0.2) is 42.5 Å². The van der Waals surface area contributed by atoms with Gasteiger partial charge in [-0.25, -0.2) is 14.0 Å². The van der Waals surface area contributed by atoms with E-state index in [4.69, 9.17) is 9.47 Å². The maximum atomic E-state index is 13.7. The molecule has 0 aliphatic carbocycles. The van der Waals surface area contributed by atoms with Crippen LogP contribution in [0.1, 0.15) is 47.1 Å². The zero-order valence-corrected chi connectivity index (χ0v) is 19.4. The van der Waals surface area contributed by atoms with E-state index in [1.165, 1.54) is 24.1 Å². The molecule has 0 fully saturated rings. The number of hydrogen-bond donors (Lipinski definition) is 1. The van der Waals surface area contributed by atoms with Crippen LogP contribution < -0.4 is 10.1 Å². The lowest BCUT2D eigenvalue weighted by atomic mass is 10.1. The lowest BCUT2D eigenvalue weighted by molar-refractivity contribution is 0.0278. The zero-order chi connectivity index (χ0) is 24.6. The van der Waals surface area contributed by atoms with Crippen molar-refractivity contribution in [1.82, 2.24) is 10.2 Å². The SMILES string of the molecule is COC(=O)c1cc(CNC(=O)c2ccc(OCCN(C)C(=O)OC(C)(C)C)cc2)ccc1F. The van der Waals surface area contributed by atoms with E-state index in [9.17, 15) is 18.8 Å². The zero-order valence-electron chi connectivity index (χ0n) is 19.4. The van der Waals surface area contributed by atoms with Crippen LogP contribution in [0.3, 0.4) is 0 Å². The highest BCUT2D eigenvalue weighted by atomic mass is 19.1. The molecular formula is C24H29FN2O6. The first-order chi connectivity index (χ1) is 15.5. The Morgan fingerprint density at radius 1 is 1.06 bits per heavy atom. The van der Waals surface area contributed by atoms with Gasteiger partial charge >= 0.3 is 12.1 Å². The number of amides is 2. The van der Waals surface area contributed by atoms with Gasteiger partial charge in [0.05, 0.1) is 19.2 Å². The first kappa shape index (κ1) is 25.6. The number of nitrogens with zero attached hydrogens (tertiary/aromatic N) is 1. The molecule has 0 spiro atoms. The van der Waals surface area contributed by atoms with Crippen LogP contribution >= 0.6 is 0 Å². The average Bonchev–Trinajstić information content (AvgIpc) is 2.77. The van der Waals surface area contributed by atoms with Gasteiger partial charge in [0.15, 0.2) is 0 Å². The fraction of sp³-hybridized carbons (Fsp3) is 0.375. The summed E-state index contributed by atoms with van der Waals surface area (Å²) >= 11 is 0. The van der Waals surface area contributed by atoms with Crippen molar-refractivity contribution in [1.29, 1.82) is 0 Å². The minimum Gasteiger partial charge on any atom is -0.492 e. The van der Waals surface area contributed by atoms with E-state index in [-0.39, 0.29) is 24.6 Å². The van der Waals surface area contributed by atoms with E-state index < -0.39 is 23.5 Å². The topological polar surface area (TPSA) is 94.2 Å². The summed E-state index contributed by atoms with van der Waals surface area (Å²) < 4.78 is 29.2. The summed E-state index contributed by atoms with van der Waals surface area (Å²) in [6, 6.07) is 10.5. The van der Waals surface area contributed by atoms with Crippen molar-refractivity contribution in [2.75, 3.05) is 27.3 Å². The van der Waals surface area contributed by atoms with E-state index in [0.29, 0.717) is 23.4 Å². The molecular weight excluding hydrogens is 431 g/mol. The lowest BCUT2D eigenvalue weighted by Crippen LogP contribution is -2.36. The molecule has 0 unspecified atom stereocenters. The van der Waals surface area contributed by atoms with Crippen LogP contribution in [-0.2, 0) is 16.0 Å². The maximum absolute atomic E-state index is 13.7. The first-order valence-corrected chi connectivity index (χ1v) is 10.3. The molecule has 0 saturated carbocycles. The van der Waals surface area contributed by atoms with Gasteiger partial charge in [0, 0.05) is 19.2 Å². The quantitative estimate of drug-likeness (QED) is 0.603. The van der Waals surface area contributed by atoms with Crippen LogP contribution in [0, 0.1) is 5.82 Å². The van der Waals surface area contributed by atoms with Gasteiger partial charge < -0.3 is 24.4 Å². The third-order valence-electron chi connectivity index (χ3n) is 4.41. The second-order valence-corrected chi connectivity index (χ2v) is 8.26. The van der Waals surface area contributed by atoms with Crippen molar-refractivity contribution in [3.05, 3.63) is 65.0 Å². The molecule has 0 saturated heterocycles. The number of ether oxygens (including phenoxy) is 3. The van der Waals surface area contributed by atoms with Crippen LogP contribution in [0.2, 0.25) is 0 Å². The van der Waals surface area contributed by atoms with Gasteiger partial charge in [-0.3, -0.25) is 4.79 Å². The summed E-state index contributed by atoms with van der Waals surface area (Å²) in [5.41, 5.74) is 0.203. The first-order valence-electron chi connectivity index (χ1n) is 10.3. The second kappa shape index (κ2) is 11.3. The predicted octanol–water partition coefficient (Wildman–Crippen LogP) is 3.79. The third-order valence-corrected chi connectivity index (χ3v) is 4.41. The number of hydrogen-bond acceptors (Lipinski definition) is 6. The van der Waals surface area contributed by atoms with Crippen LogP contribution in [0.5, 0.6) is 5.75 Å². The summed E-state index contributed by atoms with van der Waals surface area (Å²) in [5, 5.41) is 2.72. The average molecular weight is 461 g/mol. The highest BCUT2D eigenvalue weighted by Crippen LogP contribution is 2.15. The number of carbonyl (C=O) groups excluding carboxylic acids is 3. The van der Waals surface area contributed by atoms with Crippen molar-refractivity contribution in [2.45, 2.75) is 32.9 Å². The highest BCUT2D eigenvalue weighted by Gasteiger charge is 2.19. The normalized spacial score (nSPS) is 10.8. The molecule has 8 nitrogen and oxygen atoms in total. The molecule has 0 aliphatic rings. The van der Waals surface area contributed by atoms with Crippen molar-refractivity contribution < 1.29 is 33.0 Å². The van der Waals surface area contributed by atoms with Crippen molar-refractivity contribution in [2.24, 2.45) is 0 Å². The van der Waals surface area contributed by atoms with Gasteiger partial charge in [-0.1, -0.05) is 6.07 Å². The van der Waals surface area contributed by atoms with Crippen LogP contribution in [-0.4, -0.2) is 55.8 Å². The molecule has 2 aromatic rings. The molecule has 9 heteroatoms. The summed E-state index contributed by atoms with van der Waals surface area (Å²) in [6.45, 7) is 6.10. The Morgan fingerprint density at radius 3 is 2.33 bits per heavy atom. The summed E-state index contributed by atoms with van der Waals surface area (Å²) in [5.74, 6) is -1.26. The van der Waals surface area contributed by atoms with Crippen molar-refractivity contribution in [3.8, 4) is 5.75 Å². The predicted molar refractivity (Wildman–Crippen MR) is 120 cm³/mol. The standard InChI is InChI=1S/C24H29FN2O6/c1-24(2,3)33-23(30)27(4)12-13-32-18-9-7-17(8-10-18)21(28)26-15-16-6-11-20(25)19(14-16)22(29)31-5/h6-11,14H,12-13,15H2,1-5H3,(H,26,28). The van der Waals surface area contributed by atoms with E-state index in [1.807, 2.05) is 0 Å². The smallest absolute Gasteiger partial charge is 0.410 e. The lowest BCUT2D eigenvalue weighted by Gasteiger charge is -2.24. The molecule has 0 aliphatic heterocycles. The van der Waals surface area contributed by atoms with Gasteiger partial charge in [0.2, 0.25) is 0 Å². The fourth-order valence-electron chi connectivity index (χ4n) is 2.67. The number of esters is 1. The molecule has 178 valence electrons. The Bertz CT molecular complexity index is 985. The molecule has 2 aromatic carbocycles. The second-order valence-electron chi connectivity index (χ2n) is 8.26. The van der Waals surface area contributed by atoms with E-state index in [0.717, 1.165) is 6.07 Å².